The molecule has 3 aliphatic rings. The van der Waals surface area contributed by atoms with E-state index in [9.17, 15) is 18.0 Å². The van der Waals surface area contributed by atoms with Crippen molar-refractivity contribution in [3.8, 4) is 0 Å². The van der Waals surface area contributed by atoms with E-state index in [1.165, 1.54) is 6.07 Å². The highest BCUT2D eigenvalue weighted by molar-refractivity contribution is 5.94. The molecule has 1 aromatic carbocycles. The van der Waals surface area contributed by atoms with Crippen molar-refractivity contribution in [2.75, 3.05) is 37.6 Å². The molecule has 2 atom stereocenters. The van der Waals surface area contributed by atoms with Crippen molar-refractivity contribution in [3.05, 3.63) is 46.8 Å². The van der Waals surface area contributed by atoms with E-state index in [1.54, 1.807) is 12.1 Å². The lowest BCUT2D eigenvalue weighted by atomic mass is 10.0. The Hall–Kier alpha value is -2.55. The van der Waals surface area contributed by atoms with E-state index >= 15 is 0 Å². The van der Waals surface area contributed by atoms with Crippen LogP contribution in [0.2, 0.25) is 0 Å². The van der Waals surface area contributed by atoms with Gasteiger partial charge in [0.2, 0.25) is 0 Å². The predicted molar refractivity (Wildman–Crippen MR) is 105 cm³/mol. The van der Waals surface area contributed by atoms with Crippen LogP contribution in [-0.4, -0.2) is 53.7 Å². The van der Waals surface area contributed by atoms with Gasteiger partial charge >= 0.3 is 6.18 Å². The molecule has 0 aliphatic carbocycles. The fourth-order valence-electron chi connectivity index (χ4n) is 5.07. The fourth-order valence-corrected chi connectivity index (χ4v) is 5.07. The molecule has 3 aliphatic heterocycles. The highest BCUT2D eigenvalue weighted by atomic mass is 19.4. The second-order valence-electron chi connectivity index (χ2n) is 8.46. The number of anilines is 1. The molecule has 0 bridgehead atoms. The highest BCUT2D eigenvalue weighted by Gasteiger charge is 2.44. The number of amides is 1. The zero-order valence-electron chi connectivity index (χ0n) is 16.5. The van der Waals surface area contributed by atoms with Crippen molar-refractivity contribution in [1.29, 1.82) is 0 Å². The van der Waals surface area contributed by atoms with Gasteiger partial charge in [-0.2, -0.15) is 18.3 Å². The first-order valence-electron chi connectivity index (χ1n) is 10.4. The van der Waals surface area contributed by atoms with Gasteiger partial charge in [0.05, 0.1) is 5.56 Å². The molecule has 160 valence electrons. The average Bonchev–Trinajstić information content (AvgIpc) is 3.36. The molecule has 0 radical (unpaired) electrons. The average molecular weight is 419 g/mol. The number of carbonyl (C=O) groups is 1. The van der Waals surface area contributed by atoms with Crippen molar-refractivity contribution in [2.45, 2.75) is 25.6 Å². The van der Waals surface area contributed by atoms with Crippen molar-refractivity contribution >= 4 is 11.6 Å². The number of benzene rings is 1. The van der Waals surface area contributed by atoms with E-state index in [0.717, 1.165) is 36.7 Å². The number of aromatic amines is 1. The van der Waals surface area contributed by atoms with Crippen LogP contribution in [0.25, 0.3) is 0 Å². The van der Waals surface area contributed by atoms with Crippen molar-refractivity contribution in [1.82, 2.24) is 20.4 Å². The second kappa shape index (κ2) is 7.30. The van der Waals surface area contributed by atoms with Gasteiger partial charge in [0.1, 0.15) is 0 Å². The van der Waals surface area contributed by atoms with Gasteiger partial charge in [0.15, 0.2) is 5.69 Å². The summed E-state index contributed by atoms with van der Waals surface area (Å²) in [6.45, 7) is 3.73. The molecule has 1 amide bonds. The first-order chi connectivity index (χ1) is 14.4. The lowest BCUT2D eigenvalue weighted by molar-refractivity contribution is -0.137. The van der Waals surface area contributed by atoms with Gasteiger partial charge in [-0.15, -0.1) is 0 Å². The van der Waals surface area contributed by atoms with Crippen LogP contribution in [0.15, 0.2) is 24.3 Å². The van der Waals surface area contributed by atoms with Crippen LogP contribution in [0.3, 0.4) is 0 Å². The zero-order valence-corrected chi connectivity index (χ0v) is 16.5. The third-order valence-electron chi connectivity index (χ3n) is 6.56. The Kier molecular flexibility index (Phi) is 4.72. The lowest BCUT2D eigenvalue weighted by Gasteiger charge is -2.25. The molecule has 2 aromatic rings. The minimum absolute atomic E-state index is 0.0761. The molecular formula is C21H24F3N5O. The predicted octanol–water partition coefficient (Wildman–Crippen LogP) is 2.67. The molecule has 9 heteroatoms. The van der Waals surface area contributed by atoms with Crippen LogP contribution in [-0.2, 0) is 19.1 Å². The molecule has 4 heterocycles. The highest BCUT2D eigenvalue weighted by Crippen LogP contribution is 2.41. The number of likely N-dealkylation sites (tertiary alicyclic amines) is 1. The molecule has 1 aromatic heterocycles. The molecule has 2 saturated heterocycles. The third kappa shape index (κ3) is 3.34. The summed E-state index contributed by atoms with van der Waals surface area (Å²) in [6.07, 6.45) is -2.49. The van der Waals surface area contributed by atoms with Crippen LogP contribution in [0.4, 0.5) is 18.9 Å². The SMILES string of the molecule is O=C(c1n[nH]c2c1CNCCC2)N1C[C@@H]2CN(c3ccccc3C(F)(F)F)C[C@@H]2C1. The van der Waals surface area contributed by atoms with E-state index in [0.29, 0.717) is 38.4 Å². The Bertz CT molecular complexity index is 942. The van der Waals surface area contributed by atoms with Crippen LogP contribution in [0.5, 0.6) is 0 Å². The number of H-pyrrole nitrogens is 1. The van der Waals surface area contributed by atoms with Gasteiger partial charge in [-0.25, -0.2) is 0 Å². The van der Waals surface area contributed by atoms with E-state index < -0.39 is 11.7 Å². The van der Waals surface area contributed by atoms with E-state index in [1.807, 2.05) is 9.80 Å². The number of nitrogens with zero attached hydrogens (tertiary/aromatic N) is 3. The van der Waals surface area contributed by atoms with E-state index in [4.69, 9.17) is 0 Å². The fraction of sp³-hybridized carbons (Fsp3) is 0.524. The minimum atomic E-state index is -4.37. The maximum Gasteiger partial charge on any atom is 0.418 e. The molecule has 0 unspecified atom stereocenters. The lowest BCUT2D eigenvalue weighted by Crippen LogP contribution is -2.34. The Balaban J connectivity index is 1.29. The smallest absolute Gasteiger partial charge is 0.370 e. The first-order valence-corrected chi connectivity index (χ1v) is 10.4. The van der Waals surface area contributed by atoms with Crippen LogP contribution >= 0.6 is 0 Å². The number of hydrogen-bond donors (Lipinski definition) is 2. The van der Waals surface area contributed by atoms with Crippen molar-refractivity contribution in [3.63, 3.8) is 0 Å². The molecule has 6 nitrogen and oxygen atoms in total. The molecule has 2 fully saturated rings. The Morgan fingerprint density at radius 2 is 1.83 bits per heavy atom. The second-order valence-corrected chi connectivity index (χ2v) is 8.46. The van der Waals surface area contributed by atoms with Gasteiger partial charge in [-0.05, 0) is 31.5 Å². The summed E-state index contributed by atoms with van der Waals surface area (Å²) in [5.74, 6) is 0.268. The van der Waals surface area contributed by atoms with Gasteiger partial charge in [-0.1, -0.05) is 12.1 Å². The number of carbonyl (C=O) groups excluding carboxylic acids is 1. The van der Waals surface area contributed by atoms with Gasteiger partial charge in [0, 0.05) is 61.5 Å². The standard InChI is InChI=1S/C21H24F3N5O/c22-21(23,24)16-4-1-2-6-18(16)28-9-13-11-29(12-14(13)10-28)20(30)19-15-8-25-7-3-5-17(15)26-27-19/h1-2,4,6,13-14,25H,3,5,7-12H2,(H,26,27)/t13-,14+. The maximum atomic E-state index is 13.4. The summed E-state index contributed by atoms with van der Waals surface area (Å²) in [5.41, 5.74) is 2.11. The summed E-state index contributed by atoms with van der Waals surface area (Å²) < 4.78 is 40.2. The number of halogens is 3. The molecule has 2 N–H and O–H groups in total. The Morgan fingerprint density at radius 3 is 2.57 bits per heavy atom. The molecule has 0 saturated carbocycles. The zero-order chi connectivity index (χ0) is 20.9. The van der Waals surface area contributed by atoms with Gasteiger partial charge in [0.25, 0.3) is 5.91 Å². The number of para-hydroxylation sites is 1. The topological polar surface area (TPSA) is 64.3 Å². The van der Waals surface area contributed by atoms with Gasteiger partial charge < -0.3 is 15.1 Å². The minimum Gasteiger partial charge on any atom is -0.370 e. The number of rotatable bonds is 2. The van der Waals surface area contributed by atoms with E-state index in [2.05, 4.69) is 15.5 Å². The molecule has 5 rings (SSSR count). The van der Waals surface area contributed by atoms with Crippen molar-refractivity contribution in [2.24, 2.45) is 11.8 Å². The number of fused-ring (bicyclic) bond motifs is 2. The molecule has 30 heavy (non-hydrogen) atoms. The molecular weight excluding hydrogens is 395 g/mol. The quantitative estimate of drug-likeness (QED) is 0.786. The number of hydrogen-bond acceptors (Lipinski definition) is 4. The summed E-state index contributed by atoms with van der Waals surface area (Å²) in [6, 6.07) is 5.74. The number of alkyl halides is 3. The number of aromatic nitrogens is 2. The monoisotopic (exact) mass is 419 g/mol. The number of aryl methyl sites for hydroxylation is 1. The summed E-state index contributed by atoms with van der Waals surface area (Å²) in [5, 5.41) is 10.6. The maximum absolute atomic E-state index is 13.4. The van der Waals surface area contributed by atoms with E-state index in [-0.39, 0.29) is 23.4 Å². The summed E-state index contributed by atoms with van der Waals surface area (Å²) in [7, 11) is 0. The van der Waals surface area contributed by atoms with Gasteiger partial charge in [-0.3, -0.25) is 9.89 Å². The van der Waals surface area contributed by atoms with Crippen LogP contribution in [0.1, 0.15) is 33.7 Å². The van der Waals surface area contributed by atoms with Crippen LogP contribution < -0.4 is 10.2 Å². The largest absolute Gasteiger partial charge is 0.418 e. The first kappa shape index (κ1) is 19.4. The number of nitrogens with one attached hydrogen (secondary N) is 2. The Labute approximate surface area is 172 Å². The molecule has 0 spiro atoms. The van der Waals surface area contributed by atoms with Crippen molar-refractivity contribution < 1.29 is 18.0 Å². The summed E-state index contributed by atoms with van der Waals surface area (Å²) >= 11 is 0. The Morgan fingerprint density at radius 1 is 1.10 bits per heavy atom. The third-order valence-corrected chi connectivity index (χ3v) is 6.56. The summed E-state index contributed by atoms with van der Waals surface area (Å²) in [4.78, 5) is 16.8. The van der Waals surface area contributed by atoms with Crippen LogP contribution in [0, 0.1) is 11.8 Å². The normalized spacial score (nSPS) is 24.0.